The summed E-state index contributed by atoms with van der Waals surface area (Å²) in [6.07, 6.45) is 2.26. The lowest BCUT2D eigenvalue weighted by Crippen LogP contribution is -1.98. The van der Waals surface area contributed by atoms with E-state index in [-0.39, 0.29) is 0 Å². The third-order valence-corrected chi connectivity index (χ3v) is 3.28. The summed E-state index contributed by atoms with van der Waals surface area (Å²) in [5, 5.41) is 1.40. The first-order valence-corrected chi connectivity index (χ1v) is 6.11. The van der Waals surface area contributed by atoms with Crippen LogP contribution in [0.4, 0.5) is 0 Å². The summed E-state index contributed by atoms with van der Waals surface area (Å²) < 4.78 is 2.36. The maximum Gasteiger partial charge on any atom is 0.0485 e. The smallest absolute Gasteiger partial charge is 0.0485 e. The Morgan fingerprint density at radius 2 is 1.75 bits per heavy atom. The molecule has 16 heavy (non-hydrogen) atoms. The molecule has 1 aromatic heterocycles. The van der Waals surface area contributed by atoms with Gasteiger partial charge in [0, 0.05) is 23.1 Å². The van der Waals surface area contributed by atoms with Crippen molar-refractivity contribution in [3.8, 4) is 0 Å². The van der Waals surface area contributed by atoms with Crippen molar-refractivity contribution >= 4 is 10.9 Å². The highest BCUT2D eigenvalue weighted by Gasteiger charge is 2.09. The fourth-order valence-electron chi connectivity index (χ4n) is 2.23. The van der Waals surface area contributed by atoms with Crippen LogP contribution in [0.3, 0.4) is 0 Å². The Balaban J connectivity index is 2.67. The molecule has 1 nitrogen and oxygen atoms in total. The zero-order valence-electron chi connectivity index (χ0n) is 10.9. The monoisotopic (exact) mass is 215 g/mol. The number of fused-ring (bicyclic) bond motifs is 1. The minimum Gasteiger partial charge on any atom is -0.345 e. The second kappa shape index (κ2) is 3.97. The third kappa shape index (κ3) is 1.75. The van der Waals surface area contributed by atoms with E-state index in [4.69, 9.17) is 0 Å². The zero-order valence-corrected chi connectivity index (χ0v) is 10.9. The van der Waals surface area contributed by atoms with Gasteiger partial charge in [-0.15, -0.1) is 0 Å². The van der Waals surface area contributed by atoms with Gasteiger partial charge in [0.25, 0.3) is 0 Å². The molecular weight excluding hydrogens is 194 g/mol. The van der Waals surface area contributed by atoms with Gasteiger partial charge in [0.2, 0.25) is 0 Å². The number of nitrogens with zero attached hydrogens (tertiary/aromatic N) is 1. The summed E-state index contributed by atoms with van der Waals surface area (Å²) in [6, 6.07) is 7.39. The molecular formula is C15H21N. The molecule has 0 bridgehead atoms. The Morgan fingerprint density at radius 3 is 2.31 bits per heavy atom. The summed E-state index contributed by atoms with van der Waals surface area (Å²) in [5.74, 6) is 0.603. The summed E-state index contributed by atoms with van der Waals surface area (Å²) in [6.45, 7) is 11.2. The Hall–Kier alpha value is -1.24. The Labute approximate surface area is 98.1 Å². The molecule has 0 amide bonds. The van der Waals surface area contributed by atoms with Gasteiger partial charge in [-0.2, -0.15) is 0 Å². The van der Waals surface area contributed by atoms with Crippen molar-refractivity contribution in [1.82, 2.24) is 4.57 Å². The predicted molar refractivity (Wildman–Crippen MR) is 71.1 cm³/mol. The number of hydrogen-bond donors (Lipinski definition) is 0. The van der Waals surface area contributed by atoms with Crippen LogP contribution in [0.1, 0.15) is 50.8 Å². The van der Waals surface area contributed by atoms with Gasteiger partial charge in [0.15, 0.2) is 0 Å². The molecule has 0 fully saturated rings. The number of rotatable bonds is 2. The molecule has 0 unspecified atom stereocenters. The van der Waals surface area contributed by atoms with E-state index in [0.717, 1.165) is 0 Å². The molecule has 0 saturated heterocycles. The van der Waals surface area contributed by atoms with Gasteiger partial charge >= 0.3 is 0 Å². The number of aryl methyl sites for hydroxylation is 1. The van der Waals surface area contributed by atoms with E-state index in [1.54, 1.807) is 0 Å². The predicted octanol–water partition coefficient (Wildman–Crippen LogP) is 4.65. The Bertz CT molecular complexity index is 503. The highest BCUT2D eigenvalue weighted by molar-refractivity contribution is 5.84. The molecule has 2 aromatic rings. The first-order valence-electron chi connectivity index (χ1n) is 6.11. The highest BCUT2D eigenvalue weighted by Crippen LogP contribution is 2.27. The van der Waals surface area contributed by atoms with E-state index in [0.29, 0.717) is 12.0 Å². The van der Waals surface area contributed by atoms with Crippen LogP contribution in [0.2, 0.25) is 0 Å². The van der Waals surface area contributed by atoms with Crippen molar-refractivity contribution in [3.05, 3.63) is 35.5 Å². The average molecular weight is 215 g/mol. The van der Waals surface area contributed by atoms with Crippen LogP contribution in [0, 0.1) is 6.92 Å². The number of hydrogen-bond acceptors (Lipinski definition) is 0. The van der Waals surface area contributed by atoms with Crippen LogP contribution in [0.5, 0.6) is 0 Å². The van der Waals surface area contributed by atoms with Crippen LogP contribution in [0.15, 0.2) is 24.4 Å². The van der Waals surface area contributed by atoms with Crippen molar-refractivity contribution in [1.29, 1.82) is 0 Å². The van der Waals surface area contributed by atoms with Crippen LogP contribution in [-0.4, -0.2) is 4.57 Å². The molecule has 0 aliphatic carbocycles. The van der Waals surface area contributed by atoms with Crippen LogP contribution >= 0.6 is 0 Å². The largest absolute Gasteiger partial charge is 0.345 e. The molecule has 0 atom stereocenters. The average Bonchev–Trinajstić information content (AvgIpc) is 2.56. The van der Waals surface area contributed by atoms with Crippen LogP contribution < -0.4 is 0 Å². The van der Waals surface area contributed by atoms with Crippen LogP contribution in [0.25, 0.3) is 10.9 Å². The molecule has 0 aliphatic rings. The van der Waals surface area contributed by atoms with Crippen molar-refractivity contribution in [2.75, 3.05) is 0 Å². The molecule has 86 valence electrons. The van der Waals surface area contributed by atoms with Gasteiger partial charge in [0.05, 0.1) is 0 Å². The molecule has 0 spiro atoms. The van der Waals surface area contributed by atoms with Gasteiger partial charge in [-0.3, -0.25) is 0 Å². The number of benzene rings is 1. The maximum atomic E-state index is 2.36. The second-order valence-corrected chi connectivity index (χ2v) is 5.24. The first kappa shape index (κ1) is 11.3. The minimum absolute atomic E-state index is 0.529. The maximum absolute atomic E-state index is 2.36. The SMILES string of the molecule is Cc1cn(C(C)C)c2ccc(C(C)C)cc12. The lowest BCUT2D eigenvalue weighted by molar-refractivity contribution is 0.622. The van der Waals surface area contributed by atoms with E-state index in [1.165, 1.54) is 22.0 Å². The molecule has 0 saturated carbocycles. The van der Waals surface area contributed by atoms with Crippen molar-refractivity contribution < 1.29 is 0 Å². The van der Waals surface area contributed by atoms with Crippen molar-refractivity contribution in [2.24, 2.45) is 0 Å². The molecule has 1 heteroatoms. The zero-order chi connectivity index (χ0) is 11.9. The number of aromatic nitrogens is 1. The fourth-order valence-corrected chi connectivity index (χ4v) is 2.23. The Morgan fingerprint density at radius 1 is 1.06 bits per heavy atom. The fraction of sp³-hybridized carbons (Fsp3) is 0.467. The molecule has 1 heterocycles. The topological polar surface area (TPSA) is 4.93 Å². The van der Waals surface area contributed by atoms with Gasteiger partial charge in [-0.25, -0.2) is 0 Å². The summed E-state index contributed by atoms with van der Waals surface area (Å²) in [4.78, 5) is 0. The van der Waals surface area contributed by atoms with E-state index in [1.807, 2.05) is 0 Å². The van der Waals surface area contributed by atoms with Crippen molar-refractivity contribution in [2.45, 2.75) is 46.6 Å². The van der Waals surface area contributed by atoms with Gasteiger partial charge in [-0.1, -0.05) is 19.9 Å². The lowest BCUT2D eigenvalue weighted by atomic mass is 10.0. The summed E-state index contributed by atoms with van der Waals surface area (Å²) in [5.41, 5.74) is 4.17. The summed E-state index contributed by atoms with van der Waals surface area (Å²) >= 11 is 0. The third-order valence-electron chi connectivity index (χ3n) is 3.28. The molecule has 1 aromatic carbocycles. The molecule has 0 radical (unpaired) electrons. The van der Waals surface area contributed by atoms with Crippen molar-refractivity contribution in [3.63, 3.8) is 0 Å². The van der Waals surface area contributed by atoms with Gasteiger partial charge in [-0.05, 0) is 49.9 Å². The molecule has 0 N–H and O–H groups in total. The summed E-state index contributed by atoms with van der Waals surface area (Å²) in [7, 11) is 0. The molecule has 0 aliphatic heterocycles. The van der Waals surface area contributed by atoms with E-state index < -0.39 is 0 Å². The van der Waals surface area contributed by atoms with E-state index in [9.17, 15) is 0 Å². The first-order chi connectivity index (χ1) is 7.50. The van der Waals surface area contributed by atoms with E-state index >= 15 is 0 Å². The van der Waals surface area contributed by atoms with Gasteiger partial charge in [0.1, 0.15) is 0 Å². The standard InChI is InChI=1S/C15H21N/c1-10(2)13-6-7-15-14(8-13)12(5)9-16(15)11(3)4/h6-11H,1-5H3. The second-order valence-electron chi connectivity index (χ2n) is 5.24. The normalized spacial score (nSPS) is 11.9. The van der Waals surface area contributed by atoms with E-state index in [2.05, 4.69) is 63.6 Å². The van der Waals surface area contributed by atoms with Crippen LogP contribution in [-0.2, 0) is 0 Å². The molecule has 2 rings (SSSR count). The quantitative estimate of drug-likeness (QED) is 0.687. The lowest BCUT2D eigenvalue weighted by Gasteiger charge is -2.10. The Kier molecular flexibility index (Phi) is 2.79. The highest BCUT2D eigenvalue weighted by atomic mass is 15.0. The van der Waals surface area contributed by atoms with Gasteiger partial charge < -0.3 is 4.57 Å². The minimum atomic E-state index is 0.529.